The van der Waals surface area contributed by atoms with E-state index in [1.807, 2.05) is 0 Å². The Morgan fingerprint density at radius 1 is 0.931 bits per heavy atom. The maximum absolute atomic E-state index is 14.3. The van der Waals surface area contributed by atoms with Crippen LogP contribution in [0.15, 0.2) is 0 Å². The lowest BCUT2D eigenvalue weighted by molar-refractivity contribution is -0.149. The molecule has 0 unspecified atom stereocenters. The number of hydrogen-bond donors (Lipinski definition) is 1. The molecule has 168 valence electrons. The highest BCUT2D eigenvalue weighted by atomic mass is 19.1. The summed E-state index contributed by atoms with van der Waals surface area (Å²) in [5.41, 5.74) is 0.699. The predicted molar refractivity (Wildman–Crippen MR) is 119 cm³/mol. The highest BCUT2D eigenvalue weighted by Gasteiger charge is 2.61. The van der Waals surface area contributed by atoms with Gasteiger partial charge in [0, 0.05) is 0 Å². The number of rotatable bonds is 5. The molecular formula is C27H47FO. The van der Waals surface area contributed by atoms with Crippen LogP contribution in [0.3, 0.4) is 0 Å². The Kier molecular flexibility index (Phi) is 6.17. The van der Waals surface area contributed by atoms with Gasteiger partial charge < -0.3 is 5.11 Å². The fourth-order valence-electron chi connectivity index (χ4n) is 9.27. The Bertz CT molecular complexity index is 575. The maximum Gasteiger partial charge on any atom is 0.126 e. The van der Waals surface area contributed by atoms with Crippen LogP contribution >= 0.6 is 0 Å². The second kappa shape index (κ2) is 8.10. The van der Waals surface area contributed by atoms with Crippen molar-refractivity contribution in [2.45, 2.75) is 118 Å². The minimum Gasteiger partial charge on any atom is -0.390 e. The minimum absolute atomic E-state index is 0.174. The molecule has 0 aromatic rings. The lowest BCUT2D eigenvalue weighted by Gasteiger charge is -2.61. The van der Waals surface area contributed by atoms with E-state index >= 15 is 0 Å². The predicted octanol–water partition coefficient (Wildman–Crippen LogP) is 7.42. The number of hydrogen-bond acceptors (Lipinski definition) is 1. The van der Waals surface area contributed by atoms with Crippen molar-refractivity contribution >= 4 is 0 Å². The van der Waals surface area contributed by atoms with E-state index in [0.29, 0.717) is 24.2 Å². The molecule has 29 heavy (non-hydrogen) atoms. The summed E-state index contributed by atoms with van der Waals surface area (Å²) >= 11 is 0. The van der Waals surface area contributed by atoms with Gasteiger partial charge >= 0.3 is 0 Å². The van der Waals surface area contributed by atoms with Gasteiger partial charge in [-0.15, -0.1) is 0 Å². The van der Waals surface area contributed by atoms with Crippen LogP contribution in [0.2, 0.25) is 0 Å². The van der Waals surface area contributed by atoms with Crippen molar-refractivity contribution < 1.29 is 9.50 Å². The van der Waals surface area contributed by atoms with E-state index in [-0.39, 0.29) is 5.41 Å². The van der Waals surface area contributed by atoms with Crippen LogP contribution in [0.4, 0.5) is 4.39 Å². The molecule has 0 aliphatic heterocycles. The quantitative estimate of drug-likeness (QED) is 0.504. The summed E-state index contributed by atoms with van der Waals surface area (Å²) < 4.78 is 14.3. The number of alkyl halides is 1. The van der Waals surface area contributed by atoms with E-state index in [1.165, 1.54) is 57.8 Å². The summed E-state index contributed by atoms with van der Waals surface area (Å²) in [7, 11) is 0. The molecule has 1 nitrogen and oxygen atoms in total. The van der Waals surface area contributed by atoms with Gasteiger partial charge in [0.15, 0.2) is 0 Å². The first-order valence-electron chi connectivity index (χ1n) is 13.0. The van der Waals surface area contributed by atoms with E-state index in [9.17, 15) is 9.50 Å². The zero-order valence-corrected chi connectivity index (χ0v) is 19.8. The first-order chi connectivity index (χ1) is 13.7. The van der Waals surface area contributed by atoms with E-state index in [1.54, 1.807) is 0 Å². The highest BCUT2D eigenvalue weighted by molar-refractivity contribution is 5.10. The number of fused-ring (bicyclic) bond motifs is 5. The van der Waals surface area contributed by atoms with Crippen LogP contribution in [0.25, 0.3) is 0 Å². The van der Waals surface area contributed by atoms with Crippen molar-refractivity contribution in [2.75, 3.05) is 0 Å². The molecule has 4 fully saturated rings. The van der Waals surface area contributed by atoms with Crippen LogP contribution < -0.4 is 0 Å². The lowest BCUT2D eigenvalue weighted by Crippen LogP contribution is -2.56. The molecule has 1 N–H and O–H groups in total. The summed E-state index contributed by atoms with van der Waals surface area (Å²) in [6, 6.07) is 0. The lowest BCUT2D eigenvalue weighted by atomic mass is 9.44. The van der Waals surface area contributed by atoms with Crippen molar-refractivity contribution in [3.8, 4) is 0 Å². The summed E-state index contributed by atoms with van der Waals surface area (Å²) in [6.07, 6.45) is 11.9. The third kappa shape index (κ3) is 3.72. The van der Waals surface area contributed by atoms with Gasteiger partial charge in [-0.1, -0.05) is 53.9 Å². The van der Waals surface area contributed by atoms with E-state index < -0.39 is 12.3 Å². The molecule has 0 saturated heterocycles. The van der Waals surface area contributed by atoms with Crippen LogP contribution in [-0.4, -0.2) is 17.4 Å². The third-order valence-corrected chi connectivity index (χ3v) is 10.8. The maximum atomic E-state index is 14.3. The van der Waals surface area contributed by atoms with Gasteiger partial charge in [-0.05, 0) is 104 Å². The fourth-order valence-corrected chi connectivity index (χ4v) is 9.27. The van der Waals surface area contributed by atoms with Gasteiger partial charge in [0.1, 0.15) is 6.17 Å². The van der Waals surface area contributed by atoms with Crippen LogP contribution in [0.5, 0.6) is 0 Å². The van der Waals surface area contributed by atoms with E-state index in [0.717, 1.165) is 35.5 Å². The number of halogens is 1. The molecule has 0 aromatic carbocycles. The number of aliphatic hydroxyl groups excluding tert-OH is 1. The SMILES string of the molecule is CC(C)CCC[C@@H](C)[C@H]1CC[C@H]2[C@@H]3CC[C@H]4C[C@@H](F)[C@@H](O)C[C@]4(C)[C@H]3CC[C@]12C. The fraction of sp³-hybridized carbons (Fsp3) is 1.00. The van der Waals surface area contributed by atoms with Gasteiger partial charge in [-0.2, -0.15) is 0 Å². The second-order valence-electron chi connectivity index (χ2n) is 12.7. The largest absolute Gasteiger partial charge is 0.390 e. The normalized spacial score (nSPS) is 50.7. The standard InChI is InChI=1S/C27H47FO/c1-17(2)7-6-8-18(3)21-11-12-22-20-10-9-19-15-24(28)25(29)16-27(19,5)23(20)13-14-26(21,22)4/h17-25,29H,6-16H2,1-5H3/t18-,19+,20+,21-,22+,23+,24-,25+,26-,27+/m1/s1. The summed E-state index contributed by atoms with van der Waals surface area (Å²) in [5.74, 6) is 5.50. The van der Waals surface area contributed by atoms with Crippen LogP contribution in [-0.2, 0) is 0 Å². The summed E-state index contributed by atoms with van der Waals surface area (Å²) in [6.45, 7) is 12.3. The van der Waals surface area contributed by atoms with Gasteiger partial charge in [0.2, 0.25) is 0 Å². The summed E-state index contributed by atoms with van der Waals surface area (Å²) in [4.78, 5) is 0. The first kappa shape index (κ1) is 22.1. The van der Waals surface area contributed by atoms with Gasteiger partial charge in [0.05, 0.1) is 6.10 Å². The van der Waals surface area contributed by atoms with Crippen molar-refractivity contribution in [1.82, 2.24) is 0 Å². The molecule has 0 spiro atoms. The van der Waals surface area contributed by atoms with Crippen LogP contribution in [0, 0.1) is 52.3 Å². The van der Waals surface area contributed by atoms with E-state index in [4.69, 9.17) is 0 Å². The second-order valence-corrected chi connectivity index (χ2v) is 12.7. The molecule has 2 heteroatoms. The Labute approximate surface area is 179 Å². The molecular weight excluding hydrogens is 359 g/mol. The smallest absolute Gasteiger partial charge is 0.126 e. The Hall–Kier alpha value is -0.110. The number of aliphatic hydroxyl groups is 1. The Morgan fingerprint density at radius 3 is 2.38 bits per heavy atom. The Morgan fingerprint density at radius 2 is 1.66 bits per heavy atom. The van der Waals surface area contributed by atoms with Crippen LogP contribution in [0.1, 0.15) is 105 Å². The van der Waals surface area contributed by atoms with Crippen molar-refractivity contribution in [3.05, 3.63) is 0 Å². The molecule has 4 rings (SSSR count). The molecule has 10 atom stereocenters. The molecule has 0 bridgehead atoms. The Balaban J connectivity index is 1.47. The third-order valence-electron chi connectivity index (χ3n) is 10.8. The highest BCUT2D eigenvalue weighted by Crippen LogP contribution is 2.68. The molecule has 4 aliphatic rings. The first-order valence-corrected chi connectivity index (χ1v) is 13.0. The van der Waals surface area contributed by atoms with Crippen molar-refractivity contribution in [3.63, 3.8) is 0 Å². The molecule has 4 saturated carbocycles. The molecule has 0 amide bonds. The summed E-state index contributed by atoms with van der Waals surface area (Å²) in [5, 5.41) is 10.4. The van der Waals surface area contributed by atoms with E-state index in [2.05, 4.69) is 34.6 Å². The van der Waals surface area contributed by atoms with Crippen molar-refractivity contribution in [2.24, 2.45) is 52.3 Å². The van der Waals surface area contributed by atoms with Gasteiger partial charge in [-0.3, -0.25) is 0 Å². The molecule has 0 radical (unpaired) electrons. The van der Waals surface area contributed by atoms with Crippen molar-refractivity contribution in [1.29, 1.82) is 0 Å². The average Bonchev–Trinajstić information content (AvgIpc) is 3.00. The molecule has 0 aromatic heterocycles. The molecule has 0 heterocycles. The zero-order valence-electron chi connectivity index (χ0n) is 19.8. The van der Waals surface area contributed by atoms with Gasteiger partial charge in [0.25, 0.3) is 0 Å². The monoisotopic (exact) mass is 406 g/mol. The minimum atomic E-state index is -0.985. The topological polar surface area (TPSA) is 20.2 Å². The average molecular weight is 407 g/mol. The molecule has 4 aliphatic carbocycles. The zero-order chi connectivity index (χ0) is 21.0. The van der Waals surface area contributed by atoms with Gasteiger partial charge in [-0.25, -0.2) is 4.39 Å².